The van der Waals surface area contributed by atoms with E-state index in [1.165, 1.54) is 0 Å². The van der Waals surface area contributed by atoms with Crippen molar-refractivity contribution < 1.29 is 4.74 Å². The molecule has 0 amide bonds. The monoisotopic (exact) mass is 282 g/mol. The largest absolute Gasteiger partial charge is 0.437 e. The Morgan fingerprint density at radius 3 is 2.72 bits per heavy atom. The Bertz CT molecular complexity index is 573. The van der Waals surface area contributed by atoms with Crippen LogP contribution in [0.3, 0.4) is 0 Å². The van der Waals surface area contributed by atoms with Crippen molar-refractivity contribution in [2.45, 2.75) is 13.5 Å². The van der Waals surface area contributed by atoms with Crippen LogP contribution in [0.5, 0.6) is 11.6 Å². The minimum Gasteiger partial charge on any atom is -0.437 e. The van der Waals surface area contributed by atoms with Crippen molar-refractivity contribution in [2.75, 3.05) is 0 Å². The Kier molecular flexibility index (Phi) is 4.07. The summed E-state index contributed by atoms with van der Waals surface area (Å²) in [6.45, 7) is 2.23. The van der Waals surface area contributed by atoms with E-state index in [2.05, 4.69) is 4.98 Å². The van der Waals surface area contributed by atoms with Crippen molar-refractivity contribution in [3.63, 3.8) is 0 Å². The van der Waals surface area contributed by atoms with Gasteiger partial charge in [0, 0.05) is 17.8 Å². The number of halogens is 2. The predicted octanol–water partition coefficient (Wildman–Crippen LogP) is 3.95. The number of hydrogen-bond donors (Lipinski definition) is 1. The Hall–Kier alpha value is -1.29. The molecule has 0 saturated carbocycles. The molecule has 0 fully saturated rings. The molecule has 2 N–H and O–H groups in total. The van der Waals surface area contributed by atoms with Crippen molar-refractivity contribution in [3.8, 4) is 11.6 Å². The standard InChI is InChI=1S/C13H12Cl2N2O/c1-8-5-6-9(7-16)13(17-8)18-11-4-2-3-10(14)12(11)15/h2-6H,7,16H2,1H3. The van der Waals surface area contributed by atoms with Crippen LogP contribution < -0.4 is 10.5 Å². The van der Waals surface area contributed by atoms with E-state index in [1.54, 1.807) is 18.2 Å². The number of nitrogens with zero attached hydrogens (tertiary/aromatic N) is 1. The summed E-state index contributed by atoms with van der Waals surface area (Å²) in [5.41, 5.74) is 7.31. The van der Waals surface area contributed by atoms with Gasteiger partial charge in [0.15, 0.2) is 0 Å². The quantitative estimate of drug-likeness (QED) is 0.927. The first-order chi connectivity index (χ1) is 8.61. The molecule has 3 nitrogen and oxygen atoms in total. The summed E-state index contributed by atoms with van der Waals surface area (Å²) in [4.78, 5) is 4.31. The zero-order valence-corrected chi connectivity index (χ0v) is 11.3. The van der Waals surface area contributed by atoms with Crippen molar-refractivity contribution in [1.29, 1.82) is 0 Å². The van der Waals surface area contributed by atoms with Gasteiger partial charge in [-0.3, -0.25) is 0 Å². The summed E-state index contributed by atoms with van der Waals surface area (Å²) in [7, 11) is 0. The maximum atomic E-state index is 6.06. The number of rotatable bonds is 3. The number of aromatic nitrogens is 1. The lowest BCUT2D eigenvalue weighted by atomic mass is 10.2. The van der Waals surface area contributed by atoms with Crippen LogP contribution in [0.15, 0.2) is 30.3 Å². The Morgan fingerprint density at radius 1 is 1.22 bits per heavy atom. The topological polar surface area (TPSA) is 48.1 Å². The molecular formula is C13H12Cl2N2O. The second kappa shape index (κ2) is 5.57. The van der Waals surface area contributed by atoms with E-state index < -0.39 is 0 Å². The van der Waals surface area contributed by atoms with Crippen LogP contribution in [0.4, 0.5) is 0 Å². The van der Waals surface area contributed by atoms with Crippen LogP contribution >= 0.6 is 23.2 Å². The zero-order valence-electron chi connectivity index (χ0n) is 9.78. The van der Waals surface area contributed by atoms with E-state index in [4.69, 9.17) is 33.7 Å². The zero-order chi connectivity index (χ0) is 13.1. The normalized spacial score (nSPS) is 10.4. The van der Waals surface area contributed by atoms with Crippen molar-refractivity contribution in [1.82, 2.24) is 4.98 Å². The van der Waals surface area contributed by atoms with Gasteiger partial charge in [0.2, 0.25) is 5.88 Å². The van der Waals surface area contributed by atoms with Crippen LogP contribution in [0, 0.1) is 6.92 Å². The average Bonchev–Trinajstić information content (AvgIpc) is 2.35. The molecule has 18 heavy (non-hydrogen) atoms. The van der Waals surface area contributed by atoms with Gasteiger partial charge in [0.05, 0.1) is 5.02 Å². The van der Waals surface area contributed by atoms with Gasteiger partial charge in [-0.2, -0.15) is 0 Å². The number of hydrogen-bond acceptors (Lipinski definition) is 3. The first-order valence-corrected chi connectivity index (χ1v) is 6.16. The van der Waals surface area contributed by atoms with Gasteiger partial charge in [-0.05, 0) is 25.1 Å². The Balaban J connectivity index is 2.39. The molecule has 0 saturated heterocycles. The molecular weight excluding hydrogens is 271 g/mol. The maximum absolute atomic E-state index is 6.06. The molecule has 0 aliphatic rings. The van der Waals surface area contributed by atoms with Crippen molar-refractivity contribution in [3.05, 3.63) is 51.6 Å². The first kappa shape index (κ1) is 13.1. The Labute approximate surface area is 115 Å². The van der Waals surface area contributed by atoms with Gasteiger partial charge in [0.25, 0.3) is 0 Å². The van der Waals surface area contributed by atoms with Gasteiger partial charge in [-0.1, -0.05) is 35.3 Å². The predicted molar refractivity (Wildman–Crippen MR) is 73.4 cm³/mol. The molecule has 0 aliphatic carbocycles. The van der Waals surface area contributed by atoms with E-state index in [-0.39, 0.29) is 0 Å². The van der Waals surface area contributed by atoms with Gasteiger partial charge in [0.1, 0.15) is 10.8 Å². The van der Waals surface area contributed by atoms with E-state index in [0.717, 1.165) is 11.3 Å². The molecule has 0 spiro atoms. The smallest absolute Gasteiger partial charge is 0.224 e. The number of aryl methyl sites for hydroxylation is 1. The fraction of sp³-hybridized carbons (Fsp3) is 0.154. The second-order valence-electron chi connectivity index (χ2n) is 3.78. The highest BCUT2D eigenvalue weighted by Gasteiger charge is 2.10. The summed E-state index contributed by atoms with van der Waals surface area (Å²) in [6.07, 6.45) is 0. The molecule has 1 aromatic heterocycles. The molecule has 5 heteroatoms. The fourth-order valence-corrected chi connectivity index (χ4v) is 1.80. The molecule has 0 unspecified atom stereocenters. The van der Waals surface area contributed by atoms with Gasteiger partial charge < -0.3 is 10.5 Å². The minimum absolute atomic E-state index is 0.348. The fourth-order valence-electron chi connectivity index (χ4n) is 1.47. The van der Waals surface area contributed by atoms with E-state index in [0.29, 0.717) is 28.2 Å². The lowest BCUT2D eigenvalue weighted by molar-refractivity contribution is 0.455. The van der Waals surface area contributed by atoms with Crippen LogP contribution in [-0.4, -0.2) is 4.98 Å². The molecule has 94 valence electrons. The van der Waals surface area contributed by atoms with Crippen molar-refractivity contribution in [2.24, 2.45) is 5.73 Å². The number of nitrogens with two attached hydrogens (primary N) is 1. The minimum atomic E-state index is 0.348. The van der Waals surface area contributed by atoms with Crippen LogP contribution in [0.25, 0.3) is 0 Å². The summed E-state index contributed by atoms with van der Waals surface area (Å²) in [5, 5.41) is 0.807. The summed E-state index contributed by atoms with van der Waals surface area (Å²) in [5.74, 6) is 0.929. The molecule has 0 radical (unpaired) electrons. The van der Waals surface area contributed by atoms with E-state index >= 15 is 0 Å². The highest BCUT2D eigenvalue weighted by Crippen LogP contribution is 2.34. The van der Waals surface area contributed by atoms with Crippen LogP contribution in [0.2, 0.25) is 10.0 Å². The van der Waals surface area contributed by atoms with Gasteiger partial charge in [-0.25, -0.2) is 4.98 Å². The Morgan fingerprint density at radius 2 is 2.00 bits per heavy atom. The van der Waals surface area contributed by atoms with E-state index in [1.807, 2.05) is 19.1 Å². The summed E-state index contributed by atoms with van der Waals surface area (Å²) < 4.78 is 5.69. The lowest BCUT2D eigenvalue weighted by Gasteiger charge is -2.11. The summed E-state index contributed by atoms with van der Waals surface area (Å²) >= 11 is 12.0. The highest BCUT2D eigenvalue weighted by atomic mass is 35.5. The third kappa shape index (κ3) is 2.75. The molecule has 1 aromatic carbocycles. The van der Waals surface area contributed by atoms with Gasteiger partial charge in [-0.15, -0.1) is 0 Å². The molecule has 0 bridgehead atoms. The molecule has 0 atom stereocenters. The van der Waals surface area contributed by atoms with E-state index in [9.17, 15) is 0 Å². The third-order valence-electron chi connectivity index (χ3n) is 2.42. The molecule has 0 aliphatic heterocycles. The number of ether oxygens (including phenoxy) is 1. The first-order valence-electron chi connectivity index (χ1n) is 5.40. The second-order valence-corrected chi connectivity index (χ2v) is 4.56. The molecule has 2 aromatic rings. The SMILES string of the molecule is Cc1ccc(CN)c(Oc2cccc(Cl)c2Cl)n1. The molecule has 2 rings (SSSR count). The third-order valence-corrected chi connectivity index (χ3v) is 3.22. The lowest BCUT2D eigenvalue weighted by Crippen LogP contribution is -2.02. The summed E-state index contributed by atoms with van der Waals surface area (Å²) in [6, 6.07) is 8.97. The number of pyridine rings is 1. The maximum Gasteiger partial charge on any atom is 0.224 e. The molecule has 1 heterocycles. The number of benzene rings is 1. The van der Waals surface area contributed by atoms with Crippen LogP contribution in [-0.2, 0) is 6.54 Å². The van der Waals surface area contributed by atoms with Crippen LogP contribution in [0.1, 0.15) is 11.3 Å². The van der Waals surface area contributed by atoms with Crippen molar-refractivity contribution >= 4 is 23.2 Å². The van der Waals surface area contributed by atoms with Gasteiger partial charge >= 0.3 is 0 Å². The highest BCUT2D eigenvalue weighted by molar-refractivity contribution is 6.42. The average molecular weight is 283 g/mol.